The molecule has 0 saturated heterocycles. The Hall–Kier alpha value is 0.0469. The molecule has 2 N–H and O–H groups in total. The standard InChI is InChI=1S/C16H36O5SSi/c1-9-22(19,20)11-14(15(18)13(17)10-12(2)3)21-23(7,8)16(4,5)6/h12-15,17-18H,9-11H2,1-8H3/t13-,14-,15-/m0/s1. The first kappa shape index (κ1) is 23.0. The van der Waals surface area contributed by atoms with Gasteiger partial charge < -0.3 is 14.6 Å². The van der Waals surface area contributed by atoms with Gasteiger partial charge in [-0.1, -0.05) is 41.5 Å². The Morgan fingerprint density at radius 2 is 1.61 bits per heavy atom. The minimum Gasteiger partial charge on any atom is -0.410 e. The van der Waals surface area contributed by atoms with Crippen molar-refractivity contribution in [1.82, 2.24) is 0 Å². The van der Waals surface area contributed by atoms with Crippen LogP contribution in [0.5, 0.6) is 0 Å². The highest BCUT2D eigenvalue weighted by molar-refractivity contribution is 7.91. The third-order valence-electron chi connectivity index (χ3n) is 4.60. The Kier molecular flexibility index (Phi) is 8.44. The molecule has 0 aliphatic carbocycles. The molecule has 0 radical (unpaired) electrons. The van der Waals surface area contributed by atoms with Crippen molar-refractivity contribution in [3.8, 4) is 0 Å². The zero-order valence-electron chi connectivity index (χ0n) is 16.0. The zero-order chi connectivity index (χ0) is 18.6. The van der Waals surface area contributed by atoms with Crippen molar-refractivity contribution in [2.75, 3.05) is 11.5 Å². The van der Waals surface area contributed by atoms with Gasteiger partial charge in [0.1, 0.15) is 6.10 Å². The lowest BCUT2D eigenvalue weighted by molar-refractivity contribution is -0.0523. The summed E-state index contributed by atoms with van der Waals surface area (Å²) in [5, 5.41) is 20.6. The maximum atomic E-state index is 12.0. The van der Waals surface area contributed by atoms with Crippen LogP contribution in [0.3, 0.4) is 0 Å². The van der Waals surface area contributed by atoms with Gasteiger partial charge >= 0.3 is 0 Å². The summed E-state index contributed by atoms with van der Waals surface area (Å²) in [4.78, 5) is 0. The van der Waals surface area contributed by atoms with Crippen molar-refractivity contribution in [2.24, 2.45) is 5.92 Å². The first-order chi connectivity index (χ1) is 10.1. The fourth-order valence-electron chi connectivity index (χ4n) is 2.00. The van der Waals surface area contributed by atoms with E-state index in [1.165, 1.54) is 0 Å². The maximum Gasteiger partial charge on any atom is 0.192 e. The van der Waals surface area contributed by atoms with Crippen LogP contribution in [0.15, 0.2) is 0 Å². The summed E-state index contributed by atoms with van der Waals surface area (Å²) in [6.07, 6.45) is -2.68. The van der Waals surface area contributed by atoms with Gasteiger partial charge in [-0.05, 0) is 30.5 Å². The topological polar surface area (TPSA) is 83.8 Å². The molecule has 0 aromatic carbocycles. The molecule has 0 aliphatic heterocycles. The smallest absolute Gasteiger partial charge is 0.192 e. The van der Waals surface area contributed by atoms with E-state index in [2.05, 4.69) is 20.8 Å². The van der Waals surface area contributed by atoms with Crippen molar-refractivity contribution < 1.29 is 23.1 Å². The molecule has 0 saturated carbocycles. The monoisotopic (exact) mass is 368 g/mol. The molecular formula is C16H36O5SSi. The van der Waals surface area contributed by atoms with Gasteiger partial charge in [-0.15, -0.1) is 0 Å². The molecule has 0 unspecified atom stereocenters. The minimum atomic E-state index is -3.32. The van der Waals surface area contributed by atoms with Crippen molar-refractivity contribution in [3.63, 3.8) is 0 Å². The predicted octanol–water partition coefficient (Wildman–Crippen LogP) is 2.58. The molecule has 0 bridgehead atoms. The highest BCUT2D eigenvalue weighted by Crippen LogP contribution is 2.38. The van der Waals surface area contributed by atoms with Crippen LogP contribution in [0.4, 0.5) is 0 Å². The number of hydrogen-bond acceptors (Lipinski definition) is 5. The fourth-order valence-corrected chi connectivity index (χ4v) is 4.45. The van der Waals surface area contributed by atoms with E-state index >= 15 is 0 Å². The van der Waals surface area contributed by atoms with E-state index in [1.807, 2.05) is 26.9 Å². The van der Waals surface area contributed by atoms with Gasteiger partial charge in [0.05, 0.1) is 18.0 Å². The number of rotatable bonds is 9. The van der Waals surface area contributed by atoms with Gasteiger partial charge in [-0.25, -0.2) is 8.42 Å². The van der Waals surface area contributed by atoms with Gasteiger partial charge in [0.25, 0.3) is 0 Å². The van der Waals surface area contributed by atoms with Crippen LogP contribution in [-0.4, -0.2) is 56.8 Å². The summed E-state index contributed by atoms with van der Waals surface area (Å²) in [6.45, 7) is 15.7. The van der Waals surface area contributed by atoms with E-state index in [4.69, 9.17) is 4.43 Å². The van der Waals surface area contributed by atoms with Crippen LogP contribution in [0.1, 0.15) is 48.0 Å². The lowest BCUT2D eigenvalue weighted by atomic mass is 9.99. The molecule has 0 rings (SSSR count). The molecule has 0 fully saturated rings. The Balaban J connectivity index is 5.40. The highest BCUT2D eigenvalue weighted by atomic mass is 32.2. The molecule has 0 aliphatic rings. The summed E-state index contributed by atoms with van der Waals surface area (Å²) < 4.78 is 30.2. The van der Waals surface area contributed by atoms with E-state index in [-0.39, 0.29) is 22.5 Å². The molecule has 3 atom stereocenters. The summed E-state index contributed by atoms with van der Waals surface area (Å²) in [7, 11) is -5.58. The Labute approximate surface area is 143 Å². The molecule has 0 spiro atoms. The van der Waals surface area contributed by atoms with Gasteiger partial charge in [0, 0.05) is 5.75 Å². The van der Waals surface area contributed by atoms with E-state index in [0.29, 0.717) is 6.42 Å². The van der Waals surface area contributed by atoms with Crippen molar-refractivity contribution in [3.05, 3.63) is 0 Å². The molecule has 0 aromatic rings. The highest BCUT2D eigenvalue weighted by Gasteiger charge is 2.42. The quantitative estimate of drug-likeness (QED) is 0.611. The Bertz CT molecular complexity index is 454. The number of aliphatic hydroxyl groups excluding tert-OH is 2. The number of aliphatic hydroxyl groups is 2. The number of hydrogen-bond donors (Lipinski definition) is 2. The molecule has 0 heterocycles. The summed E-state index contributed by atoms with van der Waals surface area (Å²) in [6, 6.07) is 0. The van der Waals surface area contributed by atoms with Crippen LogP contribution in [0, 0.1) is 5.92 Å². The third kappa shape index (κ3) is 7.64. The lowest BCUT2D eigenvalue weighted by Gasteiger charge is -2.41. The van der Waals surface area contributed by atoms with E-state index in [9.17, 15) is 18.6 Å². The molecule has 0 aromatic heterocycles. The number of sulfone groups is 1. The summed E-state index contributed by atoms with van der Waals surface area (Å²) in [5.41, 5.74) is 0. The van der Waals surface area contributed by atoms with Crippen LogP contribution in [-0.2, 0) is 14.3 Å². The molecule has 7 heteroatoms. The van der Waals surface area contributed by atoms with Crippen molar-refractivity contribution in [2.45, 2.75) is 84.4 Å². The minimum absolute atomic E-state index is 0.00262. The van der Waals surface area contributed by atoms with Crippen LogP contribution < -0.4 is 0 Å². The zero-order valence-corrected chi connectivity index (χ0v) is 17.8. The Morgan fingerprint density at radius 1 is 1.13 bits per heavy atom. The molecular weight excluding hydrogens is 332 g/mol. The SMILES string of the molecule is CCS(=O)(=O)C[C@H](O[Si](C)(C)C(C)(C)C)[C@@H](O)[C@@H](O)CC(C)C. The predicted molar refractivity (Wildman–Crippen MR) is 97.9 cm³/mol. The summed E-state index contributed by atoms with van der Waals surface area (Å²) in [5.74, 6) is -0.0556. The van der Waals surface area contributed by atoms with E-state index in [0.717, 1.165) is 0 Å². The van der Waals surface area contributed by atoms with Crippen molar-refractivity contribution >= 4 is 18.2 Å². The van der Waals surface area contributed by atoms with Crippen LogP contribution >= 0.6 is 0 Å². The van der Waals surface area contributed by atoms with Gasteiger partial charge in [0.15, 0.2) is 18.2 Å². The lowest BCUT2D eigenvalue weighted by Crippen LogP contribution is -2.52. The normalized spacial score (nSPS) is 18.0. The first-order valence-corrected chi connectivity index (χ1v) is 13.1. The maximum absolute atomic E-state index is 12.0. The summed E-state index contributed by atoms with van der Waals surface area (Å²) >= 11 is 0. The van der Waals surface area contributed by atoms with E-state index < -0.39 is 36.5 Å². The molecule has 0 amide bonds. The molecule has 23 heavy (non-hydrogen) atoms. The first-order valence-electron chi connectivity index (χ1n) is 8.37. The largest absolute Gasteiger partial charge is 0.410 e. The Morgan fingerprint density at radius 3 is 1.96 bits per heavy atom. The molecule has 5 nitrogen and oxygen atoms in total. The van der Waals surface area contributed by atoms with Gasteiger partial charge in [0.2, 0.25) is 0 Å². The average Bonchev–Trinajstić information content (AvgIpc) is 2.34. The van der Waals surface area contributed by atoms with Crippen molar-refractivity contribution in [1.29, 1.82) is 0 Å². The second-order valence-electron chi connectivity index (χ2n) is 8.30. The van der Waals surface area contributed by atoms with Gasteiger partial charge in [-0.3, -0.25) is 0 Å². The van der Waals surface area contributed by atoms with Crippen LogP contribution in [0.2, 0.25) is 18.1 Å². The van der Waals surface area contributed by atoms with E-state index in [1.54, 1.807) is 6.92 Å². The van der Waals surface area contributed by atoms with Crippen LogP contribution in [0.25, 0.3) is 0 Å². The fraction of sp³-hybridized carbons (Fsp3) is 1.00. The van der Waals surface area contributed by atoms with Gasteiger partial charge in [-0.2, -0.15) is 0 Å². The third-order valence-corrected chi connectivity index (χ3v) is 10.8. The molecule has 140 valence electrons. The second kappa shape index (κ2) is 8.42. The average molecular weight is 369 g/mol. The second-order valence-corrected chi connectivity index (χ2v) is 15.5.